The fourth-order valence-electron chi connectivity index (χ4n) is 1.82. The van der Waals surface area contributed by atoms with Crippen LogP contribution in [0.3, 0.4) is 0 Å². The van der Waals surface area contributed by atoms with Crippen LogP contribution in [-0.2, 0) is 6.54 Å². The standard InChI is InChI=1S/C14H19N3/c1-4-15-9-13-10-16-17(12(13)3)14-7-5-11(2)6-8-14/h5-8,10,15H,4,9H2,1-3H3. The third kappa shape index (κ3) is 2.56. The quantitative estimate of drug-likeness (QED) is 0.873. The maximum atomic E-state index is 4.45. The van der Waals surface area contributed by atoms with E-state index >= 15 is 0 Å². The van der Waals surface area contributed by atoms with Gasteiger partial charge >= 0.3 is 0 Å². The highest BCUT2D eigenvalue weighted by Crippen LogP contribution is 2.14. The van der Waals surface area contributed by atoms with Crippen LogP contribution in [0.25, 0.3) is 5.69 Å². The van der Waals surface area contributed by atoms with Gasteiger partial charge in [0, 0.05) is 17.8 Å². The van der Waals surface area contributed by atoms with Gasteiger partial charge < -0.3 is 5.32 Å². The first-order valence-corrected chi connectivity index (χ1v) is 6.03. The maximum Gasteiger partial charge on any atom is 0.0648 e. The van der Waals surface area contributed by atoms with Crippen LogP contribution in [0.2, 0.25) is 0 Å². The lowest BCUT2D eigenvalue weighted by molar-refractivity contribution is 0.721. The second-order valence-electron chi connectivity index (χ2n) is 4.28. The summed E-state index contributed by atoms with van der Waals surface area (Å²) in [6, 6.07) is 8.43. The molecule has 17 heavy (non-hydrogen) atoms. The molecule has 90 valence electrons. The van der Waals surface area contributed by atoms with Crippen molar-refractivity contribution in [3.05, 3.63) is 47.3 Å². The fraction of sp³-hybridized carbons (Fsp3) is 0.357. The molecule has 0 radical (unpaired) electrons. The average Bonchev–Trinajstić information content (AvgIpc) is 2.69. The van der Waals surface area contributed by atoms with Crippen LogP contribution >= 0.6 is 0 Å². The Hall–Kier alpha value is -1.61. The molecule has 0 bridgehead atoms. The smallest absolute Gasteiger partial charge is 0.0648 e. The summed E-state index contributed by atoms with van der Waals surface area (Å²) < 4.78 is 1.99. The van der Waals surface area contributed by atoms with Gasteiger partial charge in [0.15, 0.2) is 0 Å². The Kier molecular flexibility index (Phi) is 3.59. The van der Waals surface area contributed by atoms with Gasteiger partial charge in [0.25, 0.3) is 0 Å². The van der Waals surface area contributed by atoms with E-state index in [4.69, 9.17) is 0 Å². The van der Waals surface area contributed by atoms with Crippen LogP contribution in [0.15, 0.2) is 30.5 Å². The first-order chi connectivity index (χ1) is 8.22. The van der Waals surface area contributed by atoms with Crippen LogP contribution in [0.4, 0.5) is 0 Å². The summed E-state index contributed by atoms with van der Waals surface area (Å²) in [4.78, 5) is 0. The zero-order chi connectivity index (χ0) is 12.3. The summed E-state index contributed by atoms with van der Waals surface area (Å²) in [6.07, 6.45) is 1.94. The topological polar surface area (TPSA) is 29.9 Å². The van der Waals surface area contributed by atoms with Gasteiger partial charge in [-0.3, -0.25) is 0 Å². The van der Waals surface area contributed by atoms with Crippen LogP contribution < -0.4 is 5.32 Å². The summed E-state index contributed by atoms with van der Waals surface area (Å²) in [6.45, 7) is 8.18. The first-order valence-electron chi connectivity index (χ1n) is 6.03. The van der Waals surface area contributed by atoms with Gasteiger partial charge in [0.2, 0.25) is 0 Å². The minimum absolute atomic E-state index is 0.883. The van der Waals surface area contributed by atoms with Crippen LogP contribution in [0.1, 0.15) is 23.7 Å². The molecule has 1 N–H and O–H groups in total. The number of aromatic nitrogens is 2. The van der Waals surface area contributed by atoms with Gasteiger partial charge in [-0.15, -0.1) is 0 Å². The van der Waals surface area contributed by atoms with Crippen molar-refractivity contribution in [3.8, 4) is 5.69 Å². The van der Waals surface area contributed by atoms with Gasteiger partial charge in [-0.1, -0.05) is 24.6 Å². The van der Waals surface area contributed by atoms with E-state index < -0.39 is 0 Å². The first kappa shape index (κ1) is 11.9. The molecule has 0 fully saturated rings. The van der Waals surface area contributed by atoms with Crippen molar-refractivity contribution in [2.75, 3.05) is 6.54 Å². The summed E-state index contributed by atoms with van der Waals surface area (Å²) in [7, 11) is 0. The van der Waals surface area contributed by atoms with E-state index in [1.165, 1.54) is 16.8 Å². The molecule has 2 rings (SSSR count). The van der Waals surface area contributed by atoms with E-state index in [-0.39, 0.29) is 0 Å². The molecule has 0 saturated heterocycles. The van der Waals surface area contributed by atoms with E-state index in [1.54, 1.807) is 0 Å². The number of hydrogen-bond donors (Lipinski definition) is 1. The van der Waals surface area contributed by atoms with Crippen molar-refractivity contribution in [3.63, 3.8) is 0 Å². The molecule has 0 amide bonds. The normalized spacial score (nSPS) is 10.8. The van der Waals surface area contributed by atoms with Gasteiger partial charge in [0.05, 0.1) is 11.9 Å². The predicted octanol–water partition coefficient (Wildman–Crippen LogP) is 2.60. The molecule has 1 aromatic carbocycles. The summed E-state index contributed by atoms with van der Waals surface area (Å²) in [5, 5.41) is 7.77. The number of rotatable bonds is 4. The summed E-state index contributed by atoms with van der Waals surface area (Å²) >= 11 is 0. The highest BCUT2D eigenvalue weighted by molar-refractivity contribution is 5.36. The molecule has 3 heteroatoms. The van der Waals surface area contributed by atoms with Gasteiger partial charge in [0.1, 0.15) is 0 Å². The minimum atomic E-state index is 0.883. The maximum absolute atomic E-state index is 4.45. The van der Waals surface area contributed by atoms with E-state index in [0.29, 0.717) is 0 Å². The third-order valence-electron chi connectivity index (χ3n) is 2.96. The lowest BCUT2D eigenvalue weighted by Crippen LogP contribution is -2.12. The van der Waals surface area contributed by atoms with Crippen molar-refractivity contribution in [1.82, 2.24) is 15.1 Å². The number of nitrogens with one attached hydrogen (secondary N) is 1. The van der Waals surface area contributed by atoms with Gasteiger partial charge in [-0.2, -0.15) is 5.10 Å². The third-order valence-corrected chi connectivity index (χ3v) is 2.96. The summed E-state index contributed by atoms with van der Waals surface area (Å²) in [5.41, 5.74) is 4.85. The largest absolute Gasteiger partial charge is 0.313 e. The number of nitrogens with zero attached hydrogens (tertiary/aromatic N) is 2. The summed E-state index contributed by atoms with van der Waals surface area (Å²) in [5.74, 6) is 0. The molecule has 0 atom stereocenters. The molecule has 3 nitrogen and oxygen atoms in total. The predicted molar refractivity (Wildman–Crippen MR) is 70.4 cm³/mol. The Morgan fingerprint density at radius 1 is 1.18 bits per heavy atom. The second kappa shape index (κ2) is 5.15. The van der Waals surface area contributed by atoms with Crippen LogP contribution in [0.5, 0.6) is 0 Å². The van der Waals surface area contributed by atoms with Crippen molar-refractivity contribution < 1.29 is 0 Å². The SMILES string of the molecule is CCNCc1cnn(-c2ccc(C)cc2)c1C. The highest BCUT2D eigenvalue weighted by atomic mass is 15.3. The number of hydrogen-bond acceptors (Lipinski definition) is 2. The Morgan fingerprint density at radius 2 is 1.88 bits per heavy atom. The van der Waals surface area contributed by atoms with Crippen LogP contribution in [0, 0.1) is 13.8 Å². The minimum Gasteiger partial charge on any atom is -0.313 e. The number of aryl methyl sites for hydroxylation is 1. The Morgan fingerprint density at radius 3 is 2.53 bits per heavy atom. The lowest BCUT2D eigenvalue weighted by atomic mass is 10.2. The molecule has 0 saturated carbocycles. The van der Waals surface area contributed by atoms with E-state index in [9.17, 15) is 0 Å². The van der Waals surface area contributed by atoms with Gasteiger partial charge in [-0.25, -0.2) is 4.68 Å². The zero-order valence-corrected chi connectivity index (χ0v) is 10.7. The molecule has 1 aromatic heterocycles. The van der Waals surface area contributed by atoms with Crippen molar-refractivity contribution in [1.29, 1.82) is 0 Å². The lowest BCUT2D eigenvalue weighted by Gasteiger charge is -2.06. The molecule has 2 aromatic rings. The average molecular weight is 229 g/mol. The number of benzene rings is 1. The molecular formula is C14H19N3. The van der Waals surface area contributed by atoms with E-state index in [0.717, 1.165) is 18.8 Å². The molecular weight excluding hydrogens is 210 g/mol. The van der Waals surface area contributed by atoms with E-state index in [1.807, 2.05) is 10.9 Å². The Balaban J connectivity index is 2.27. The fourth-order valence-corrected chi connectivity index (χ4v) is 1.82. The molecule has 0 aliphatic rings. The molecule has 0 aliphatic heterocycles. The molecule has 0 spiro atoms. The molecule has 0 unspecified atom stereocenters. The molecule has 1 heterocycles. The Labute approximate surface area is 102 Å². The monoisotopic (exact) mass is 229 g/mol. The Bertz CT molecular complexity index is 483. The van der Waals surface area contributed by atoms with Gasteiger partial charge in [-0.05, 0) is 32.5 Å². The second-order valence-corrected chi connectivity index (χ2v) is 4.28. The van der Waals surface area contributed by atoms with Crippen LogP contribution in [-0.4, -0.2) is 16.3 Å². The van der Waals surface area contributed by atoms with Crippen molar-refractivity contribution >= 4 is 0 Å². The highest BCUT2D eigenvalue weighted by Gasteiger charge is 2.06. The van der Waals surface area contributed by atoms with E-state index in [2.05, 4.69) is 55.5 Å². The van der Waals surface area contributed by atoms with Crippen molar-refractivity contribution in [2.24, 2.45) is 0 Å². The van der Waals surface area contributed by atoms with Crippen molar-refractivity contribution in [2.45, 2.75) is 27.3 Å². The zero-order valence-electron chi connectivity index (χ0n) is 10.7. The molecule has 0 aliphatic carbocycles.